The number of fused-ring (bicyclic) bond motifs is 1. The Bertz CT molecular complexity index is 1110. The highest BCUT2D eigenvalue weighted by Crippen LogP contribution is 2.38. The van der Waals surface area contributed by atoms with Crippen LogP contribution in [0.2, 0.25) is 0 Å². The van der Waals surface area contributed by atoms with Crippen molar-refractivity contribution in [3.8, 4) is 11.8 Å². The van der Waals surface area contributed by atoms with E-state index in [0.29, 0.717) is 26.2 Å². The Morgan fingerprint density at radius 1 is 1.27 bits per heavy atom. The quantitative estimate of drug-likeness (QED) is 0.475. The second-order valence-electron chi connectivity index (χ2n) is 7.39. The number of alkyl halides is 3. The number of piperazine rings is 1. The molecule has 2 aliphatic rings. The molecule has 10 nitrogen and oxygen atoms in total. The zero-order valence-electron chi connectivity index (χ0n) is 18.5. The molecule has 0 radical (unpaired) electrons. The minimum atomic E-state index is -5.28. The molecule has 1 aromatic rings. The van der Waals surface area contributed by atoms with Gasteiger partial charge in [-0.3, -0.25) is 18.8 Å². The molecule has 0 bridgehead atoms. The lowest BCUT2D eigenvalue weighted by atomic mass is 10.3. The minimum Gasteiger partial charge on any atom is -0.327 e. The Kier molecular flexibility index (Phi) is 7.19. The highest BCUT2D eigenvalue weighted by atomic mass is 19.4. The van der Waals surface area contributed by atoms with Gasteiger partial charge in [0.05, 0.1) is 6.54 Å². The van der Waals surface area contributed by atoms with Crippen molar-refractivity contribution < 1.29 is 22.8 Å². The number of anilines is 2. The molecule has 1 saturated heterocycles. The maximum Gasteiger partial charge on any atom is 0.493 e. The van der Waals surface area contributed by atoms with E-state index in [2.05, 4.69) is 17.2 Å². The van der Waals surface area contributed by atoms with Crippen LogP contribution in [0.1, 0.15) is 13.8 Å². The first-order valence-electron chi connectivity index (χ1n) is 10.3. The second kappa shape index (κ2) is 9.72. The molecule has 0 aliphatic carbocycles. The topological polar surface area (TPSA) is 92.0 Å². The van der Waals surface area contributed by atoms with Crippen LogP contribution < -0.4 is 26.5 Å². The Morgan fingerprint density at radius 3 is 2.52 bits per heavy atom. The number of allylic oxidation sites excluding steroid dienone is 2. The maximum atomic E-state index is 13.2. The zero-order valence-corrected chi connectivity index (χ0v) is 18.5. The Hall–Kier alpha value is -3.24. The lowest BCUT2D eigenvalue weighted by Crippen LogP contribution is -2.61. The van der Waals surface area contributed by atoms with E-state index in [1.165, 1.54) is 11.9 Å². The number of aromatic nitrogens is 2. The fourth-order valence-electron chi connectivity index (χ4n) is 3.76. The van der Waals surface area contributed by atoms with Gasteiger partial charge in [0, 0.05) is 39.8 Å². The molecule has 0 spiro atoms. The Balaban J connectivity index is 2.29. The molecule has 1 N–H and O–H groups in total. The highest BCUT2D eigenvalue weighted by molar-refractivity contribution is 5.80. The van der Waals surface area contributed by atoms with Crippen LogP contribution in [0.15, 0.2) is 21.7 Å². The number of hydrogen-bond acceptors (Lipinski definition) is 8. The Morgan fingerprint density at radius 2 is 1.94 bits per heavy atom. The van der Waals surface area contributed by atoms with E-state index in [4.69, 9.17) is 4.84 Å². The number of nitrogens with one attached hydrogen (secondary N) is 1. The van der Waals surface area contributed by atoms with E-state index in [9.17, 15) is 27.6 Å². The van der Waals surface area contributed by atoms with Gasteiger partial charge in [0.25, 0.3) is 5.56 Å². The summed E-state index contributed by atoms with van der Waals surface area (Å²) in [5.41, 5.74) is -1.55. The number of carbonyl (C=O) groups excluding carboxylic acids is 1. The fraction of sp³-hybridized carbons (Fsp3) is 0.550. The van der Waals surface area contributed by atoms with Crippen LogP contribution in [0.5, 0.6) is 0 Å². The lowest BCUT2D eigenvalue weighted by molar-refractivity contribution is -0.203. The van der Waals surface area contributed by atoms with Gasteiger partial charge < -0.3 is 15.1 Å². The predicted octanol–water partition coefficient (Wildman–Crippen LogP) is -0.0179. The van der Waals surface area contributed by atoms with Crippen molar-refractivity contribution >= 4 is 17.5 Å². The standard InChI is InChI=1S/C20H25F3N6O4/c1-4-6-10-27-14-15(28(11-7-5-2)19(32)25(3)16(14)30)29(33-17(31)20(21,22)23)18(27)26-12-8-24-9-13-26/h5,7,18,24H,8-13H2,1-3H3. The normalized spacial score (nSPS) is 18.9. The smallest absolute Gasteiger partial charge is 0.327 e. The van der Waals surface area contributed by atoms with Gasteiger partial charge in [-0.2, -0.15) is 13.2 Å². The van der Waals surface area contributed by atoms with Crippen LogP contribution in [0.3, 0.4) is 0 Å². The van der Waals surface area contributed by atoms with Crippen LogP contribution in [0.25, 0.3) is 0 Å². The summed E-state index contributed by atoms with van der Waals surface area (Å²) in [6, 6.07) is 0. The van der Waals surface area contributed by atoms with E-state index in [1.54, 1.807) is 30.9 Å². The van der Waals surface area contributed by atoms with Gasteiger partial charge >= 0.3 is 17.8 Å². The third-order valence-corrected chi connectivity index (χ3v) is 5.32. The van der Waals surface area contributed by atoms with Crippen molar-refractivity contribution in [2.24, 2.45) is 7.05 Å². The molecule has 13 heteroatoms. The molecular formula is C20H25F3N6O4. The van der Waals surface area contributed by atoms with Crippen molar-refractivity contribution in [1.82, 2.24) is 19.4 Å². The van der Waals surface area contributed by atoms with Gasteiger partial charge in [0.1, 0.15) is 0 Å². The monoisotopic (exact) mass is 470 g/mol. The van der Waals surface area contributed by atoms with Crippen molar-refractivity contribution in [1.29, 1.82) is 0 Å². The largest absolute Gasteiger partial charge is 0.493 e. The van der Waals surface area contributed by atoms with E-state index >= 15 is 0 Å². The Labute approximate surface area is 187 Å². The van der Waals surface area contributed by atoms with Crippen LogP contribution in [-0.4, -0.2) is 65.2 Å². The molecule has 0 amide bonds. The number of nitrogens with zero attached hydrogens (tertiary/aromatic N) is 5. The van der Waals surface area contributed by atoms with E-state index in [0.717, 1.165) is 14.2 Å². The van der Waals surface area contributed by atoms with Crippen molar-refractivity contribution in [3.63, 3.8) is 0 Å². The first-order valence-corrected chi connectivity index (χ1v) is 10.3. The van der Waals surface area contributed by atoms with Crippen molar-refractivity contribution in [2.75, 3.05) is 42.7 Å². The first-order chi connectivity index (χ1) is 15.6. The molecule has 1 atom stereocenters. The van der Waals surface area contributed by atoms with Crippen LogP contribution in [0, 0.1) is 11.8 Å². The van der Waals surface area contributed by atoms with Gasteiger partial charge in [-0.15, -0.1) is 11.0 Å². The predicted molar refractivity (Wildman–Crippen MR) is 114 cm³/mol. The molecule has 3 rings (SSSR count). The van der Waals surface area contributed by atoms with Gasteiger partial charge in [-0.25, -0.2) is 9.59 Å². The highest BCUT2D eigenvalue weighted by Gasteiger charge is 2.50. The van der Waals surface area contributed by atoms with Gasteiger partial charge in [0.15, 0.2) is 17.8 Å². The zero-order chi connectivity index (χ0) is 24.3. The molecule has 2 aliphatic heterocycles. The first kappa shape index (κ1) is 24.4. The summed E-state index contributed by atoms with van der Waals surface area (Å²) in [6.45, 7) is 5.07. The van der Waals surface area contributed by atoms with E-state index < -0.39 is 29.7 Å². The summed E-state index contributed by atoms with van der Waals surface area (Å²) in [5, 5.41) is 3.86. The molecule has 3 heterocycles. The molecule has 33 heavy (non-hydrogen) atoms. The third-order valence-electron chi connectivity index (χ3n) is 5.32. The summed E-state index contributed by atoms with van der Waals surface area (Å²) in [5.74, 6) is 2.85. The number of hydroxylamine groups is 1. The summed E-state index contributed by atoms with van der Waals surface area (Å²) in [4.78, 5) is 46.0. The molecular weight excluding hydrogens is 445 g/mol. The fourth-order valence-corrected chi connectivity index (χ4v) is 3.76. The van der Waals surface area contributed by atoms with Crippen LogP contribution in [-0.2, 0) is 23.2 Å². The summed E-state index contributed by atoms with van der Waals surface area (Å²) < 4.78 is 41.5. The molecule has 1 unspecified atom stereocenters. The number of halogens is 3. The van der Waals surface area contributed by atoms with Crippen molar-refractivity contribution in [2.45, 2.75) is 32.9 Å². The van der Waals surface area contributed by atoms with Crippen LogP contribution >= 0.6 is 0 Å². The number of carbonyl (C=O) groups is 1. The third kappa shape index (κ3) is 4.62. The summed E-state index contributed by atoms with van der Waals surface area (Å²) in [6.07, 6.45) is -3.12. The van der Waals surface area contributed by atoms with Gasteiger partial charge in [-0.1, -0.05) is 18.1 Å². The SMILES string of the molecule is CC#CCN1c2c(n(CC=CC)c(=O)n(C)c2=O)N(OC(=O)C(F)(F)F)C1N1CCNCC1. The average molecular weight is 470 g/mol. The number of hydrogen-bond donors (Lipinski definition) is 1. The maximum absolute atomic E-state index is 13.2. The molecule has 180 valence electrons. The summed E-state index contributed by atoms with van der Waals surface area (Å²) in [7, 11) is 1.28. The van der Waals surface area contributed by atoms with Crippen LogP contribution in [0.4, 0.5) is 24.7 Å². The van der Waals surface area contributed by atoms with Crippen molar-refractivity contribution in [3.05, 3.63) is 33.0 Å². The second-order valence-corrected chi connectivity index (χ2v) is 7.39. The molecule has 1 fully saturated rings. The molecule has 0 aromatic carbocycles. The lowest BCUT2D eigenvalue weighted by Gasteiger charge is -2.40. The molecule has 0 saturated carbocycles. The van der Waals surface area contributed by atoms with Gasteiger partial charge in [0.2, 0.25) is 0 Å². The van der Waals surface area contributed by atoms with E-state index in [1.807, 2.05) is 0 Å². The molecule has 1 aromatic heterocycles. The van der Waals surface area contributed by atoms with Gasteiger partial charge in [-0.05, 0) is 13.8 Å². The van der Waals surface area contributed by atoms with E-state index in [-0.39, 0.29) is 24.6 Å². The summed E-state index contributed by atoms with van der Waals surface area (Å²) >= 11 is 0. The minimum absolute atomic E-state index is 0.0325. The average Bonchev–Trinajstić information content (AvgIpc) is 3.09. The number of rotatable bonds is 5.